The lowest BCUT2D eigenvalue weighted by Crippen LogP contribution is -2.14. The van der Waals surface area contributed by atoms with Gasteiger partial charge in [-0.25, -0.2) is 4.98 Å². The van der Waals surface area contributed by atoms with E-state index in [2.05, 4.69) is 4.98 Å². The summed E-state index contributed by atoms with van der Waals surface area (Å²) in [5.41, 5.74) is -0.165. The number of benzene rings is 1. The van der Waals surface area contributed by atoms with Crippen LogP contribution in [0.25, 0.3) is 0 Å². The van der Waals surface area contributed by atoms with E-state index in [1.807, 2.05) is 0 Å². The van der Waals surface area contributed by atoms with Crippen LogP contribution in [0.3, 0.4) is 0 Å². The first-order chi connectivity index (χ1) is 11.3. The quantitative estimate of drug-likeness (QED) is 0.639. The molecule has 0 bridgehead atoms. The van der Waals surface area contributed by atoms with E-state index < -0.39 is 17.3 Å². The number of pyridine rings is 1. The van der Waals surface area contributed by atoms with Crippen molar-refractivity contribution in [2.75, 3.05) is 0 Å². The molecular formula is C17H14ClF3N2S. The van der Waals surface area contributed by atoms with Gasteiger partial charge in [-0.15, -0.1) is 11.8 Å². The van der Waals surface area contributed by atoms with Gasteiger partial charge in [-0.1, -0.05) is 36.7 Å². The lowest BCUT2D eigenvalue weighted by Gasteiger charge is -2.17. The smallest absolute Gasteiger partial charge is 0.245 e. The monoisotopic (exact) mass is 370 g/mol. The summed E-state index contributed by atoms with van der Waals surface area (Å²) >= 11 is 7.16. The summed E-state index contributed by atoms with van der Waals surface area (Å²) in [4.78, 5) is 4.28. The third kappa shape index (κ3) is 3.85. The van der Waals surface area contributed by atoms with Gasteiger partial charge in [0, 0.05) is 16.5 Å². The van der Waals surface area contributed by atoms with Crippen molar-refractivity contribution in [1.82, 2.24) is 4.98 Å². The molecule has 1 aromatic carbocycles. The third-order valence-corrected chi connectivity index (χ3v) is 4.95. The van der Waals surface area contributed by atoms with Crippen molar-refractivity contribution in [2.24, 2.45) is 0 Å². The fourth-order valence-electron chi connectivity index (χ4n) is 2.37. The SMILES string of the molecule is CCc1nc(SCc2ccccc2Cl)c(C#N)c(C(F)(F)F)c1C. The Labute approximate surface area is 147 Å². The molecule has 2 nitrogen and oxygen atoms in total. The van der Waals surface area contributed by atoms with Gasteiger partial charge in [-0.05, 0) is 30.5 Å². The first-order valence-electron chi connectivity index (χ1n) is 7.16. The minimum Gasteiger partial charge on any atom is -0.245 e. The molecule has 0 aliphatic carbocycles. The van der Waals surface area contributed by atoms with Crippen molar-refractivity contribution in [3.8, 4) is 6.07 Å². The Bertz CT molecular complexity index is 798. The Balaban J connectivity index is 2.50. The van der Waals surface area contributed by atoms with Crippen LogP contribution in [0.15, 0.2) is 29.3 Å². The summed E-state index contributed by atoms with van der Waals surface area (Å²) in [5, 5.41) is 9.89. The summed E-state index contributed by atoms with van der Waals surface area (Å²) in [6.07, 6.45) is -4.23. The molecule has 7 heteroatoms. The van der Waals surface area contributed by atoms with Gasteiger partial charge in [0.2, 0.25) is 0 Å². The molecule has 0 fully saturated rings. The molecule has 0 amide bonds. The summed E-state index contributed by atoms with van der Waals surface area (Å²) in [6, 6.07) is 8.76. The van der Waals surface area contributed by atoms with E-state index in [0.29, 0.717) is 22.9 Å². The number of alkyl halides is 3. The van der Waals surface area contributed by atoms with Gasteiger partial charge >= 0.3 is 6.18 Å². The van der Waals surface area contributed by atoms with Crippen molar-refractivity contribution in [2.45, 2.75) is 37.2 Å². The normalized spacial score (nSPS) is 11.4. The lowest BCUT2D eigenvalue weighted by atomic mass is 10.0. The number of nitriles is 1. The number of thioether (sulfide) groups is 1. The van der Waals surface area contributed by atoms with Gasteiger partial charge in [-0.2, -0.15) is 18.4 Å². The molecule has 2 aromatic rings. The maximum atomic E-state index is 13.4. The summed E-state index contributed by atoms with van der Waals surface area (Å²) in [5.74, 6) is 0.338. The van der Waals surface area contributed by atoms with Crippen LogP contribution < -0.4 is 0 Å². The molecule has 0 unspecified atom stereocenters. The molecule has 0 saturated carbocycles. The van der Waals surface area contributed by atoms with E-state index in [-0.39, 0.29) is 10.6 Å². The maximum absolute atomic E-state index is 13.4. The Hall–Kier alpha value is -1.71. The number of hydrogen-bond acceptors (Lipinski definition) is 3. The van der Waals surface area contributed by atoms with E-state index in [9.17, 15) is 18.4 Å². The number of nitrogens with zero attached hydrogens (tertiary/aromatic N) is 2. The van der Waals surface area contributed by atoms with Crippen molar-refractivity contribution < 1.29 is 13.2 Å². The van der Waals surface area contributed by atoms with Gasteiger partial charge in [0.1, 0.15) is 11.1 Å². The summed E-state index contributed by atoms with van der Waals surface area (Å²) < 4.78 is 40.2. The third-order valence-electron chi connectivity index (χ3n) is 3.56. The zero-order valence-corrected chi connectivity index (χ0v) is 14.6. The van der Waals surface area contributed by atoms with E-state index in [1.54, 1.807) is 37.3 Å². The minimum atomic E-state index is -4.60. The van der Waals surface area contributed by atoms with Crippen LogP contribution >= 0.6 is 23.4 Å². The van der Waals surface area contributed by atoms with Crippen molar-refractivity contribution in [3.63, 3.8) is 0 Å². The van der Waals surface area contributed by atoms with Crippen molar-refractivity contribution in [3.05, 3.63) is 57.2 Å². The first-order valence-corrected chi connectivity index (χ1v) is 8.52. The van der Waals surface area contributed by atoms with Crippen LogP contribution in [-0.4, -0.2) is 4.98 Å². The highest BCUT2D eigenvalue weighted by atomic mass is 35.5. The van der Waals surface area contributed by atoms with E-state index in [1.165, 1.54) is 6.92 Å². The average Bonchev–Trinajstić information content (AvgIpc) is 2.53. The molecule has 0 N–H and O–H groups in total. The molecule has 1 heterocycles. The minimum absolute atomic E-state index is 0.0173. The van der Waals surface area contributed by atoms with Gasteiger partial charge in [0.05, 0.1) is 11.1 Å². The second-order valence-electron chi connectivity index (χ2n) is 5.08. The Morgan fingerprint density at radius 2 is 1.96 bits per heavy atom. The maximum Gasteiger partial charge on any atom is 0.418 e. The molecule has 24 heavy (non-hydrogen) atoms. The molecule has 0 spiro atoms. The zero-order valence-electron chi connectivity index (χ0n) is 13.0. The Morgan fingerprint density at radius 3 is 2.50 bits per heavy atom. The second-order valence-corrected chi connectivity index (χ2v) is 6.45. The van der Waals surface area contributed by atoms with Crippen molar-refractivity contribution >= 4 is 23.4 Å². The van der Waals surface area contributed by atoms with E-state index in [4.69, 9.17) is 11.6 Å². The Kier molecular flexibility index (Phi) is 5.79. The van der Waals surface area contributed by atoms with Crippen LogP contribution in [-0.2, 0) is 18.3 Å². The van der Waals surface area contributed by atoms with Gasteiger partial charge < -0.3 is 0 Å². The highest BCUT2D eigenvalue weighted by Gasteiger charge is 2.38. The molecule has 0 atom stereocenters. The molecule has 0 saturated heterocycles. The average molecular weight is 371 g/mol. The second kappa shape index (κ2) is 7.45. The highest BCUT2D eigenvalue weighted by Crippen LogP contribution is 2.39. The standard InChI is InChI=1S/C17H14ClF3N2S/c1-3-14-10(2)15(17(19,20)21)12(8-22)16(23-14)24-9-11-6-4-5-7-13(11)18/h4-7H,3,9H2,1-2H3. The van der Waals surface area contributed by atoms with Crippen LogP contribution in [0.2, 0.25) is 5.02 Å². The van der Waals surface area contributed by atoms with E-state index in [0.717, 1.165) is 17.3 Å². The highest BCUT2D eigenvalue weighted by molar-refractivity contribution is 7.98. The fourth-order valence-corrected chi connectivity index (χ4v) is 3.66. The number of rotatable bonds is 4. The lowest BCUT2D eigenvalue weighted by molar-refractivity contribution is -0.138. The van der Waals surface area contributed by atoms with Crippen LogP contribution in [0.5, 0.6) is 0 Å². The number of hydrogen-bond donors (Lipinski definition) is 0. The predicted molar refractivity (Wildman–Crippen MR) is 89.1 cm³/mol. The van der Waals surface area contributed by atoms with Crippen LogP contribution in [0.1, 0.15) is 34.9 Å². The zero-order chi connectivity index (χ0) is 17.9. The molecule has 126 valence electrons. The summed E-state index contributed by atoms with van der Waals surface area (Å²) in [6.45, 7) is 3.10. The van der Waals surface area contributed by atoms with Crippen LogP contribution in [0, 0.1) is 18.3 Å². The number of halogens is 4. The van der Waals surface area contributed by atoms with Crippen molar-refractivity contribution in [1.29, 1.82) is 5.26 Å². The van der Waals surface area contributed by atoms with Gasteiger partial charge in [-0.3, -0.25) is 0 Å². The largest absolute Gasteiger partial charge is 0.418 e. The molecule has 0 radical (unpaired) electrons. The fraction of sp³-hybridized carbons (Fsp3) is 0.294. The van der Waals surface area contributed by atoms with Gasteiger partial charge in [0.25, 0.3) is 0 Å². The van der Waals surface area contributed by atoms with E-state index >= 15 is 0 Å². The Morgan fingerprint density at radius 1 is 1.29 bits per heavy atom. The number of aromatic nitrogens is 1. The van der Waals surface area contributed by atoms with Gasteiger partial charge in [0.15, 0.2) is 0 Å². The molecular weight excluding hydrogens is 357 g/mol. The molecule has 1 aromatic heterocycles. The number of aryl methyl sites for hydroxylation is 1. The molecule has 2 rings (SSSR count). The van der Waals surface area contributed by atoms with Crippen LogP contribution in [0.4, 0.5) is 13.2 Å². The summed E-state index contributed by atoms with van der Waals surface area (Å²) in [7, 11) is 0. The first kappa shape index (κ1) is 18.6. The predicted octanol–water partition coefficient (Wildman–Crippen LogP) is 5.79. The molecule has 0 aliphatic rings. The topological polar surface area (TPSA) is 36.7 Å². The molecule has 0 aliphatic heterocycles.